The van der Waals surface area contributed by atoms with E-state index in [2.05, 4.69) is 110 Å². The van der Waals surface area contributed by atoms with Gasteiger partial charge in [0.25, 0.3) is 0 Å². The summed E-state index contributed by atoms with van der Waals surface area (Å²) in [5.41, 5.74) is 15.1. The molecule has 8 aromatic rings. The Balaban J connectivity index is 1.36. The highest BCUT2D eigenvalue weighted by atomic mass is 14.6. The van der Waals surface area contributed by atoms with Crippen LogP contribution in [0.25, 0.3) is 77.9 Å². The van der Waals surface area contributed by atoms with Crippen LogP contribution >= 0.6 is 0 Å². The maximum atomic E-state index is 4.45. The Bertz CT molecular complexity index is 2050. The molecule has 5 nitrogen and oxygen atoms in total. The van der Waals surface area contributed by atoms with Gasteiger partial charge in [0, 0.05) is 89.8 Å². The van der Waals surface area contributed by atoms with E-state index in [0.717, 1.165) is 77.9 Å². The van der Waals surface area contributed by atoms with Crippen molar-refractivity contribution in [1.82, 2.24) is 24.9 Å². The van der Waals surface area contributed by atoms with E-state index in [1.54, 1.807) is 24.8 Å². The van der Waals surface area contributed by atoms with Gasteiger partial charge in [-0.05, 0) is 135 Å². The molecular formula is C43H29N5. The van der Waals surface area contributed by atoms with Crippen LogP contribution in [0.5, 0.6) is 0 Å². The number of aromatic nitrogens is 5. The summed E-state index contributed by atoms with van der Waals surface area (Å²) in [6.07, 6.45) is 18.6. The fourth-order valence-corrected chi connectivity index (χ4v) is 6.05. The lowest BCUT2D eigenvalue weighted by Gasteiger charge is -2.16. The zero-order valence-corrected chi connectivity index (χ0v) is 26.0. The normalized spacial score (nSPS) is 10.9. The molecule has 5 heterocycles. The van der Waals surface area contributed by atoms with E-state index >= 15 is 0 Å². The van der Waals surface area contributed by atoms with Crippen molar-refractivity contribution in [2.75, 3.05) is 0 Å². The van der Waals surface area contributed by atoms with Crippen LogP contribution in [-0.2, 0) is 0 Å². The topological polar surface area (TPSA) is 64.5 Å². The van der Waals surface area contributed by atoms with Crippen LogP contribution in [-0.4, -0.2) is 24.9 Å². The van der Waals surface area contributed by atoms with Crippen LogP contribution in [0.4, 0.5) is 0 Å². The molecule has 0 N–H and O–H groups in total. The molecular weight excluding hydrogens is 587 g/mol. The molecule has 0 aliphatic carbocycles. The zero-order valence-electron chi connectivity index (χ0n) is 26.0. The van der Waals surface area contributed by atoms with Crippen molar-refractivity contribution in [3.63, 3.8) is 0 Å². The van der Waals surface area contributed by atoms with Gasteiger partial charge in [-0.25, -0.2) is 0 Å². The Morgan fingerprint density at radius 2 is 0.375 bits per heavy atom. The molecule has 48 heavy (non-hydrogen) atoms. The van der Waals surface area contributed by atoms with Gasteiger partial charge in [0.2, 0.25) is 0 Å². The van der Waals surface area contributed by atoms with E-state index in [1.165, 1.54) is 0 Å². The summed E-state index contributed by atoms with van der Waals surface area (Å²) < 4.78 is 0. The molecule has 0 atom stereocenters. The number of benzene rings is 3. The van der Waals surface area contributed by atoms with Crippen molar-refractivity contribution in [2.24, 2.45) is 0 Å². The molecule has 0 amide bonds. The number of hydrogen-bond acceptors (Lipinski definition) is 5. The van der Waals surface area contributed by atoms with E-state index in [1.807, 2.05) is 67.5 Å². The first-order valence-corrected chi connectivity index (χ1v) is 15.7. The molecule has 0 saturated carbocycles. The highest BCUT2D eigenvalue weighted by molar-refractivity contribution is 5.88. The number of pyridine rings is 5. The maximum Gasteiger partial charge on any atom is 0.0346 e. The number of hydrogen-bond donors (Lipinski definition) is 0. The van der Waals surface area contributed by atoms with Crippen molar-refractivity contribution in [3.8, 4) is 77.9 Å². The highest BCUT2D eigenvalue weighted by Gasteiger charge is 2.14. The Kier molecular flexibility index (Phi) is 7.83. The summed E-state index contributed by atoms with van der Waals surface area (Å²) in [6, 6.07) is 40.6. The van der Waals surface area contributed by atoms with Crippen LogP contribution in [0.3, 0.4) is 0 Å². The van der Waals surface area contributed by atoms with Crippen molar-refractivity contribution >= 4 is 0 Å². The van der Waals surface area contributed by atoms with E-state index in [-0.39, 0.29) is 0 Å². The first kappa shape index (κ1) is 28.9. The molecule has 226 valence electrons. The van der Waals surface area contributed by atoms with Gasteiger partial charge in [0.15, 0.2) is 0 Å². The predicted molar refractivity (Wildman–Crippen MR) is 193 cm³/mol. The van der Waals surface area contributed by atoms with E-state index in [4.69, 9.17) is 0 Å². The molecule has 0 aliphatic heterocycles. The Hall–Kier alpha value is -6.59. The molecule has 5 aromatic heterocycles. The lowest BCUT2D eigenvalue weighted by Crippen LogP contribution is -1.91. The average Bonchev–Trinajstić information content (AvgIpc) is 3.19. The van der Waals surface area contributed by atoms with Gasteiger partial charge in [-0.2, -0.15) is 0 Å². The third kappa shape index (κ3) is 6.13. The molecule has 5 heteroatoms. The first-order valence-electron chi connectivity index (χ1n) is 15.7. The lowest BCUT2D eigenvalue weighted by atomic mass is 9.89. The van der Waals surface area contributed by atoms with E-state index < -0.39 is 0 Å². The van der Waals surface area contributed by atoms with Gasteiger partial charge in [-0.3, -0.25) is 24.9 Å². The molecule has 0 bridgehead atoms. The second-order valence-corrected chi connectivity index (χ2v) is 11.6. The second-order valence-electron chi connectivity index (χ2n) is 11.6. The minimum absolute atomic E-state index is 1.05. The van der Waals surface area contributed by atoms with Crippen LogP contribution in [0, 0.1) is 0 Å². The van der Waals surface area contributed by atoms with Gasteiger partial charge in [0.05, 0.1) is 0 Å². The van der Waals surface area contributed by atoms with Gasteiger partial charge in [-0.1, -0.05) is 30.3 Å². The highest BCUT2D eigenvalue weighted by Crippen LogP contribution is 2.39. The molecule has 0 spiro atoms. The van der Waals surface area contributed by atoms with E-state index in [0.29, 0.717) is 0 Å². The lowest BCUT2D eigenvalue weighted by molar-refractivity contribution is 1.32. The van der Waals surface area contributed by atoms with Crippen molar-refractivity contribution in [3.05, 3.63) is 177 Å². The summed E-state index contributed by atoms with van der Waals surface area (Å²) in [5.74, 6) is 0. The Labute approximate surface area is 279 Å². The zero-order chi connectivity index (χ0) is 32.1. The molecule has 0 radical (unpaired) electrons. The van der Waals surface area contributed by atoms with Gasteiger partial charge < -0.3 is 0 Å². The molecule has 0 unspecified atom stereocenters. The largest absolute Gasteiger partial charge is 0.264 e. The van der Waals surface area contributed by atoms with E-state index in [9.17, 15) is 0 Å². The first-order chi connectivity index (χ1) is 23.8. The standard InChI is InChI=1S/C43H29N5/c1-6-30(25-44-11-1)35-16-36(31-7-2-12-45-26-31)19-40(18-35)42-22-39(34-10-5-15-48-29-34)23-43(24-42)41-20-37(32-8-3-13-46-27-32)17-38(21-41)33-9-4-14-47-28-33/h1-29H. The summed E-state index contributed by atoms with van der Waals surface area (Å²) in [7, 11) is 0. The monoisotopic (exact) mass is 615 g/mol. The number of rotatable bonds is 7. The maximum absolute atomic E-state index is 4.45. The van der Waals surface area contributed by atoms with Gasteiger partial charge in [0.1, 0.15) is 0 Å². The fourth-order valence-electron chi connectivity index (χ4n) is 6.05. The third-order valence-corrected chi connectivity index (χ3v) is 8.44. The molecule has 0 aliphatic rings. The minimum Gasteiger partial charge on any atom is -0.264 e. The minimum atomic E-state index is 1.05. The Morgan fingerprint density at radius 1 is 0.208 bits per heavy atom. The fraction of sp³-hybridized carbons (Fsp3) is 0. The van der Waals surface area contributed by atoms with Crippen LogP contribution < -0.4 is 0 Å². The molecule has 3 aromatic carbocycles. The van der Waals surface area contributed by atoms with Crippen LogP contribution in [0.15, 0.2) is 177 Å². The predicted octanol–water partition coefficient (Wildman–Crippen LogP) is 10.3. The molecule has 0 saturated heterocycles. The SMILES string of the molecule is c1cncc(-c2cc(-c3cccnc3)cc(-c3cc(-c4cccnc4)cc(-c4cc(-c5cccnc5)cc(-c5cccnc5)c4)c3)c2)c1. The summed E-state index contributed by atoms with van der Waals surface area (Å²) in [6.45, 7) is 0. The quantitative estimate of drug-likeness (QED) is 0.178. The summed E-state index contributed by atoms with van der Waals surface area (Å²) in [4.78, 5) is 22.1. The van der Waals surface area contributed by atoms with Gasteiger partial charge >= 0.3 is 0 Å². The summed E-state index contributed by atoms with van der Waals surface area (Å²) >= 11 is 0. The van der Waals surface area contributed by atoms with Gasteiger partial charge in [-0.15, -0.1) is 0 Å². The van der Waals surface area contributed by atoms with Crippen LogP contribution in [0.2, 0.25) is 0 Å². The summed E-state index contributed by atoms with van der Waals surface area (Å²) in [5, 5.41) is 0. The van der Waals surface area contributed by atoms with Crippen LogP contribution in [0.1, 0.15) is 0 Å². The number of nitrogens with zero attached hydrogens (tertiary/aromatic N) is 5. The van der Waals surface area contributed by atoms with Crippen molar-refractivity contribution < 1.29 is 0 Å². The third-order valence-electron chi connectivity index (χ3n) is 8.44. The average molecular weight is 616 g/mol. The smallest absolute Gasteiger partial charge is 0.0346 e. The molecule has 8 rings (SSSR count). The molecule has 0 fully saturated rings. The van der Waals surface area contributed by atoms with Crippen molar-refractivity contribution in [2.45, 2.75) is 0 Å². The Morgan fingerprint density at radius 3 is 0.521 bits per heavy atom. The second kappa shape index (κ2) is 13.0. The van der Waals surface area contributed by atoms with Crippen molar-refractivity contribution in [1.29, 1.82) is 0 Å².